The SMILES string of the molecule is CC1=CC(C)(C23CC4CC(CC(C4)C2)C3)C=[C]1[Zr+2](=[C]1CCCCC1)[c]1cc(C(C)(C)C)cc2c1Cc1ccc(C(C)(C)C)cc1-2.[Cl-].[Cl-]. The zero-order valence-corrected chi connectivity index (χ0v) is 34.5. The van der Waals surface area contributed by atoms with E-state index < -0.39 is 21.3 Å². The average Bonchev–Trinajstić information content (AvgIpc) is 3.49. The largest absolute Gasteiger partial charge is 1.00 e. The predicted molar refractivity (Wildman–Crippen MR) is 190 cm³/mol. The smallest absolute Gasteiger partial charge is 1.00 e. The Morgan fingerprint density at radius 3 is 1.85 bits per heavy atom. The van der Waals surface area contributed by atoms with Crippen molar-refractivity contribution < 1.29 is 46.1 Å². The predicted octanol–water partition coefficient (Wildman–Crippen LogP) is 5.31. The van der Waals surface area contributed by atoms with E-state index in [9.17, 15) is 0 Å². The molecule has 252 valence electrons. The van der Waals surface area contributed by atoms with Crippen LogP contribution in [-0.2, 0) is 38.5 Å². The van der Waals surface area contributed by atoms with Crippen LogP contribution in [0, 0.1) is 28.6 Å². The van der Waals surface area contributed by atoms with E-state index in [1.165, 1.54) is 81.8 Å². The first-order valence-electron chi connectivity index (χ1n) is 18.7. The normalized spacial score (nSPS) is 30.4. The Morgan fingerprint density at radius 2 is 1.28 bits per heavy atom. The zero-order chi connectivity index (χ0) is 31.5. The van der Waals surface area contributed by atoms with Crippen LogP contribution in [0.1, 0.15) is 148 Å². The van der Waals surface area contributed by atoms with Crippen molar-refractivity contribution in [3.05, 3.63) is 73.6 Å². The molecule has 1 unspecified atom stereocenters. The Bertz CT molecular complexity index is 1630. The minimum Gasteiger partial charge on any atom is -1.00 e. The summed E-state index contributed by atoms with van der Waals surface area (Å²) in [5.74, 6) is 3.02. The van der Waals surface area contributed by atoms with Crippen molar-refractivity contribution >= 4 is 6.48 Å². The second kappa shape index (κ2) is 12.5. The van der Waals surface area contributed by atoms with E-state index >= 15 is 0 Å². The van der Waals surface area contributed by atoms with Crippen LogP contribution in [-0.4, -0.2) is 3.21 Å². The third-order valence-corrected chi connectivity index (χ3v) is 21.7. The number of benzene rings is 2. The van der Waals surface area contributed by atoms with E-state index in [1.54, 1.807) is 27.8 Å². The van der Waals surface area contributed by atoms with E-state index in [0.29, 0.717) is 5.41 Å². The molecular weight excluding hydrogens is 691 g/mol. The van der Waals surface area contributed by atoms with Crippen LogP contribution >= 0.6 is 0 Å². The molecule has 0 amide bonds. The molecule has 7 aliphatic carbocycles. The van der Waals surface area contributed by atoms with Gasteiger partial charge in [-0.25, -0.2) is 0 Å². The molecule has 4 bridgehead atoms. The van der Waals surface area contributed by atoms with Crippen molar-refractivity contribution in [3.8, 4) is 11.1 Å². The second-order valence-electron chi connectivity index (χ2n) is 19.0. The van der Waals surface area contributed by atoms with E-state index in [1.807, 2.05) is 9.76 Å². The standard InChI is InChI=1S/C21H25.C17H23.C6H10.2ClH.Zr/c1-20(2,3)16-9-7-14-11-15-8-10-17(21(4,5)6)13-19(15)18(14)12-16;1-12-3-4-16(2,8-12)17-9-13-5-14(10-17)7-15(6-13)11-17;1-2-4-6-5-3-1;;;/h7,9-10,12-13H,11H2,1-6H3;4,8,13-15H,5-7,9-11H2,1-2H3;1-5H2;2*1H;/q;;;;;+2/p-2. The molecule has 7 aliphatic rings. The van der Waals surface area contributed by atoms with Gasteiger partial charge in [-0.3, -0.25) is 0 Å². The molecule has 3 heteroatoms. The first-order chi connectivity index (χ1) is 21.2. The van der Waals surface area contributed by atoms with Crippen molar-refractivity contribution in [2.24, 2.45) is 28.6 Å². The van der Waals surface area contributed by atoms with Crippen molar-refractivity contribution in [1.29, 1.82) is 0 Å². The molecule has 0 radical (unpaired) electrons. The van der Waals surface area contributed by atoms with Gasteiger partial charge >= 0.3 is 284 Å². The van der Waals surface area contributed by atoms with Gasteiger partial charge in [-0.05, 0) is 0 Å². The molecule has 0 N–H and O–H groups in total. The zero-order valence-electron chi connectivity index (χ0n) is 30.5. The van der Waals surface area contributed by atoms with Gasteiger partial charge in [0.15, 0.2) is 0 Å². The summed E-state index contributed by atoms with van der Waals surface area (Å²) < 4.78 is 5.75. The Kier molecular flexibility index (Phi) is 9.58. The first kappa shape index (κ1) is 36.1. The van der Waals surface area contributed by atoms with Gasteiger partial charge < -0.3 is 24.8 Å². The molecule has 2 aromatic rings. The molecule has 0 aliphatic heterocycles. The van der Waals surface area contributed by atoms with Crippen molar-refractivity contribution in [2.75, 3.05) is 0 Å². The van der Waals surface area contributed by atoms with Gasteiger partial charge in [0, 0.05) is 0 Å². The van der Waals surface area contributed by atoms with Crippen LogP contribution < -0.4 is 28.1 Å². The second-order valence-corrected chi connectivity index (χ2v) is 25.2. The summed E-state index contributed by atoms with van der Waals surface area (Å²) in [4.78, 5) is 0. The van der Waals surface area contributed by atoms with Gasteiger partial charge in [-0.1, -0.05) is 0 Å². The van der Waals surface area contributed by atoms with E-state index in [2.05, 4.69) is 97.9 Å². The Morgan fingerprint density at radius 1 is 0.702 bits per heavy atom. The molecule has 0 aromatic heterocycles. The molecule has 1 atom stereocenters. The van der Waals surface area contributed by atoms with Crippen LogP contribution in [0.2, 0.25) is 0 Å². The van der Waals surface area contributed by atoms with Crippen LogP contribution in [0.4, 0.5) is 0 Å². The van der Waals surface area contributed by atoms with Crippen LogP contribution in [0.5, 0.6) is 0 Å². The van der Waals surface area contributed by atoms with Crippen molar-refractivity contribution in [2.45, 2.75) is 143 Å². The molecule has 0 nitrogen and oxygen atoms in total. The van der Waals surface area contributed by atoms with Crippen LogP contribution in [0.25, 0.3) is 11.1 Å². The Labute approximate surface area is 307 Å². The van der Waals surface area contributed by atoms with Crippen molar-refractivity contribution in [3.63, 3.8) is 0 Å². The molecule has 0 spiro atoms. The fourth-order valence-electron chi connectivity index (χ4n) is 11.5. The quantitative estimate of drug-likeness (QED) is 0.341. The maximum Gasteiger partial charge on any atom is -1.00 e. The summed E-state index contributed by atoms with van der Waals surface area (Å²) >= 11 is -2.41. The molecule has 47 heavy (non-hydrogen) atoms. The van der Waals surface area contributed by atoms with Gasteiger partial charge in [-0.2, -0.15) is 0 Å². The minimum atomic E-state index is -2.41. The third-order valence-electron chi connectivity index (χ3n) is 13.7. The van der Waals surface area contributed by atoms with Crippen LogP contribution in [0.3, 0.4) is 0 Å². The van der Waals surface area contributed by atoms with Gasteiger partial charge in [-0.15, -0.1) is 0 Å². The van der Waals surface area contributed by atoms with E-state index in [-0.39, 0.29) is 41.1 Å². The minimum absolute atomic E-state index is 0. The summed E-state index contributed by atoms with van der Waals surface area (Å²) in [5, 5.41) is 0. The summed E-state index contributed by atoms with van der Waals surface area (Å²) in [6.45, 7) is 19.7. The maximum atomic E-state index is 2.97. The summed E-state index contributed by atoms with van der Waals surface area (Å²) in [6.07, 6.45) is 23.1. The van der Waals surface area contributed by atoms with Gasteiger partial charge in [0.25, 0.3) is 0 Å². The number of allylic oxidation sites excluding steroid dienone is 4. The molecule has 5 saturated carbocycles. The number of halogens is 2. The summed E-state index contributed by atoms with van der Waals surface area (Å²) in [7, 11) is 0. The van der Waals surface area contributed by atoms with Gasteiger partial charge in [0.1, 0.15) is 0 Å². The van der Waals surface area contributed by atoms with Crippen molar-refractivity contribution in [1.82, 2.24) is 0 Å². The molecular formula is C44H58Cl2Zr. The Balaban J connectivity index is 0.00000193. The molecule has 9 rings (SSSR count). The number of fused-ring (bicyclic) bond motifs is 3. The topological polar surface area (TPSA) is 0 Å². The molecule has 2 aromatic carbocycles. The monoisotopic (exact) mass is 746 g/mol. The fourth-order valence-corrected chi connectivity index (χ4v) is 20.4. The van der Waals surface area contributed by atoms with Crippen LogP contribution in [0.15, 0.2) is 51.3 Å². The van der Waals surface area contributed by atoms with Gasteiger partial charge in [0.2, 0.25) is 0 Å². The number of hydrogen-bond acceptors (Lipinski definition) is 0. The van der Waals surface area contributed by atoms with E-state index in [0.717, 1.165) is 24.2 Å². The molecule has 5 fully saturated rings. The first-order valence-corrected chi connectivity index (χ1v) is 22.4. The summed E-state index contributed by atoms with van der Waals surface area (Å²) in [6, 6.07) is 12.9. The average molecular weight is 749 g/mol. The number of hydrogen-bond donors (Lipinski definition) is 0. The fraction of sp³-hybridized carbons (Fsp3) is 0.614. The third kappa shape index (κ3) is 6.05. The Hall–Kier alpha value is -0.747. The maximum absolute atomic E-state index is 2.97. The molecule has 0 saturated heterocycles. The van der Waals surface area contributed by atoms with E-state index in [4.69, 9.17) is 0 Å². The number of rotatable bonds is 3. The molecule has 0 heterocycles. The summed E-state index contributed by atoms with van der Waals surface area (Å²) in [5.41, 5.74) is 12.2. The van der Waals surface area contributed by atoms with Gasteiger partial charge in [0.05, 0.1) is 0 Å².